The molecule has 0 N–H and O–H groups in total. The molecule has 0 bridgehead atoms. The lowest BCUT2D eigenvalue weighted by Gasteiger charge is -2.08. The molecule has 3 heteroatoms. The van der Waals surface area contributed by atoms with Crippen molar-refractivity contribution in [3.63, 3.8) is 0 Å². The van der Waals surface area contributed by atoms with Crippen LogP contribution >= 0.6 is 0 Å². The van der Waals surface area contributed by atoms with Crippen molar-refractivity contribution in [2.24, 2.45) is 5.92 Å². The summed E-state index contributed by atoms with van der Waals surface area (Å²) in [5.74, 6) is 0.601. The molecule has 0 saturated carbocycles. The summed E-state index contributed by atoms with van der Waals surface area (Å²) in [6.45, 7) is 10.0. The van der Waals surface area contributed by atoms with E-state index in [-0.39, 0.29) is 5.60 Å². The van der Waals surface area contributed by atoms with E-state index >= 15 is 0 Å². The van der Waals surface area contributed by atoms with Crippen LogP contribution in [0.3, 0.4) is 0 Å². The van der Waals surface area contributed by atoms with E-state index in [0.717, 1.165) is 13.2 Å². The lowest BCUT2D eigenvalue weighted by Crippen LogP contribution is -2.17. The van der Waals surface area contributed by atoms with E-state index in [1.165, 1.54) is 0 Å². The Labute approximate surface area is 80.4 Å². The molecule has 1 rings (SSSR count). The second kappa shape index (κ2) is 4.94. The van der Waals surface area contributed by atoms with E-state index < -0.39 is 0 Å². The van der Waals surface area contributed by atoms with E-state index in [0.29, 0.717) is 25.7 Å². The summed E-state index contributed by atoms with van der Waals surface area (Å²) in [7, 11) is 0. The molecule has 1 aliphatic rings. The molecule has 0 amide bonds. The highest BCUT2D eigenvalue weighted by Crippen LogP contribution is 2.25. The molecule has 1 fully saturated rings. The van der Waals surface area contributed by atoms with Gasteiger partial charge in [-0.15, -0.1) is 0 Å². The summed E-state index contributed by atoms with van der Waals surface area (Å²) in [4.78, 5) is 0. The first-order chi connectivity index (χ1) is 6.12. The lowest BCUT2D eigenvalue weighted by atomic mass is 10.2. The zero-order valence-corrected chi connectivity index (χ0v) is 8.84. The molecular formula is C10H20O3. The van der Waals surface area contributed by atoms with Gasteiger partial charge in [0.1, 0.15) is 5.60 Å². The number of epoxide rings is 1. The van der Waals surface area contributed by atoms with Crippen molar-refractivity contribution in [2.45, 2.75) is 26.4 Å². The minimum absolute atomic E-state index is 0.0120. The number of ether oxygens (including phenoxy) is 3. The maximum atomic E-state index is 5.39. The molecule has 1 saturated heterocycles. The molecule has 1 unspecified atom stereocenters. The summed E-state index contributed by atoms with van der Waals surface area (Å²) < 4.78 is 15.9. The maximum Gasteiger partial charge on any atom is 0.112 e. The summed E-state index contributed by atoms with van der Waals surface area (Å²) in [6.07, 6.45) is 0. The fourth-order valence-corrected chi connectivity index (χ4v) is 0.931. The van der Waals surface area contributed by atoms with Gasteiger partial charge in [-0.2, -0.15) is 0 Å². The average Bonchev–Trinajstić information content (AvgIpc) is 2.76. The van der Waals surface area contributed by atoms with Gasteiger partial charge in [0.15, 0.2) is 0 Å². The Bertz CT molecular complexity index is 141. The van der Waals surface area contributed by atoms with E-state index in [4.69, 9.17) is 14.2 Å². The monoisotopic (exact) mass is 188 g/mol. The van der Waals surface area contributed by atoms with Gasteiger partial charge in [-0.25, -0.2) is 0 Å². The van der Waals surface area contributed by atoms with Crippen LogP contribution in [0.1, 0.15) is 20.8 Å². The second-order valence-corrected chi connectivity index (χ2v) is 4.26. The average molecular weight is 188 g/mol. The predicted octanol–water partition coefficient (Wildman–Crippen LogP) is 1.46. The zero-order chi connectivity index (χ0) is 9.73. The molecule has 1 atom stereocenters. The van der Waals surface area contributed by atoms with Crippen LogP contribution in [-0.2, 0) is 14.2 Å². The highest BCUT2D eigenvalue weighted by atomic mass is 16.6. The smallest absolute Gasteiger partial charge is 0.112 e. The molecule has 0 spiro atoms. The van der Waals surface area contributed by atoms with Crippen molar-refractivity contribution in [3.8, 4) is 0 Å². The Morgan fingerprint density at radius 2 is 1.92 bits per heavy atom. The van der Waals surface area contributed by atoms with Gasteiger partial charge in [0, 0.05) is 6.61 Å². The summed E-state index contributed by atoms with van der Waals surface area (Å²) in [5, 5.41) is 0. The topological polar surface area (TPSA) is 31.0 Å². The zero-order valence-electron chi connectivity index (χ0n) is 8.84. The van der Waals surface area contributed by atoms with Crippen molar-refractivity contribution >= 4 is 0 Å². The Balaban J connectivity index is 1.79. The second-order valence-electron chi connectivity index (χ2n) is 4.26. The van der Waals surface area contributed by atoms with Crippen LogP contribution in [0.4, 0.5) is 0 Å². The third-order valence-corrected chi connectivity index (χ3v) is 1.87. The van der Waals surface area contributed by atoms with Crippen LogP contribution in [0.5, 0.6) is 0 Å². The fourth-order valence-electron chi connectivity index (χ4n) is 0.931. The summed E-state index contributed by atoms with van der Waals surface area (Å²) >= 11 is 0. The first-order valence-electron chi connectivity index (χ1n) is 4.92. The largest absolute Gasteiger partial charge is 0.379 e. The van der Waals surface area contributed by atoms with Crippen LogP contribution in [0, 0.1) is 5.92 Å². The first-order valence-corrected chi connectivity index (χ1v) is 4.92. The minimum Gasteiger partial charge on any atom is -0.379 e. The molecule has 78 valence electrons. The van der Waals surface area contributed by atoms with E-state index in [1.807, 2.05) is 0 Å². The predicted molar refractivity (Wildman–Crippen MR) is 50.8 cm³/mol. The Kier molecular flexibility index (Phi) is 4.16. The van der Waals surface area contributed by atoms with Crippen LogP contribution in [0.2, 0.25) is 0 Å². The maximum absolute atomic E-state index is 5.39. The molecule has 1 aliphatic heterocycles. The molecule has 0 aromatic rings. The van der Waals surface area contributed by atoms with E-state index in [1.54, 1.807) is 0 Å². The Hall–Kier alpha value is -0.120. The molecule has 0 aromatic heterocycles. The molecule has 0 aromatic carbocycles. The Morgan fingerprint density at radius 1 is 1.31 bits per heavy atom. The molecule has 1 heterocycles. The molecule has 3 nitrogen and oxygen atoms in total. The van der Waals surface area contributed by atoms with Crippen molar-refractivity contribution in [3.05, 3.63) is 0 Å². The molecular weight excluding hydrogens is 168 g/mol. The first kappa shape index (κ1) is 11.0. The fraction of sp³-hybridized carbons (Fsp3) is 1.00. The van der Waals surface area contributed by atoms with Gasteiger partial charge in [-0.05, 0) is 12.8 Å². The standard InChI is InChI=1S/C10H20O3/c1-9(2)6-11-4-5-12-7-10(3)8-13-10/h9H,4-8H2,1-3H3. The lowest BCUT2D eigenvalue weighted by molar-refractivity contribution is 0.0212. The highest BCUT2D eigenvalue weighted by molar-refractivity contribution is 4.86. The summed E-state index contributed by atoms with van der Waals surface area (Å²) in [6, 6.07) is 0. The van der Waals surface area contributed by atoms with Gasteiger partial charge in [-0.3, -0.25) is 0 Å². The van der Waals surface area contributed by atoms with Crippen LogP contribution in [-0.4, -0.2) is 38.6 Å². The third-order valence-electron chi connectivity index (χ3n) is 1.87. The van der Waals surface area contributed by atoms with Gasteiger partial charge >= 0.3 is 0 Å². The van der Waals surface area contributed by atoms with E-state index in [9.17, 15) is 0 Å². The van der Waals surface area contributed by atoms with Gasteiger partial charge in [0.25, 0.3) is 0 Å². The summed E-state index contributed by atoms with van der Waals surface area (Å²) in [5.41, 5.74) is 0.0120. The van der Waals surface area contributed by atoms with Crippen LogP contribution in [0.25, 0.3) is 0 Å². The third kappa shape index (κ3) is 5.24. The van der Waals surface area contributed by atoms with Gasteiger partial charge in [0.05, 0.1) is 26.4 Å². The van der Waals surface area contributed by atoms with Crippen molar-refractivity contribution < 1.29 is 14.2 Å². The minimum atomic E-state index is 0.0120. The van der Waals surface area contributed by atoms with E-state index in [2.05, 4.69) is 20.8 Å². The van der Waals surface area contributed by atoms with Crippen molar-refractivity contribution in [2.75, 3.05) is 33.0 Å². The number of hydrogen-bond acceptors (Lipinski definition) is 3. The van der Waals surface area contributed by atoms with Gasteiger partial charge < -0.3 is 14.2 Å². The van der Waals surface area contributed by atoms with Crippen LogP contribution in [0.15, 0.2) is 0 Å². The molecule has 13 heavy (non-hydrogen) atoms. The SMILES string of the molecule is CC(C)COCCOCC1(C)CO1. The van der Waals surface area contributed by atoms with Crippen molar-refractivity contribution in [1.29, 1.82) is 0 Å². The normalized spacial score (nSPS) is 26.8. The highest BCUT2D eigenvalue weighted by Gasteiger charge is 2.39. The number of hydrogen-bond donors (Lipinski definition) is 0. The van der Waals surface area contributed by atoms with Crippen LogP contribution < -0.4 is 0 Å². The molecule has 0 aliphatic carbocycles. The quantitative estimate of drug-likeness (QED) is 0.448. The Morgan fingerprint density at radius 3 is 2.46 bits per heavy atom. The van der Waals surface area contributed by atoms with Crippen molar-refractivity contribution in [1.82, 2.24) is 0 Å². The number of rotatable bonds is 7. The van der Waals surface area contributed by atoms with Gasteiger partial charge in [-0.1, -0.05) is 13.8 Å². The molecule has 0 radical (unpaired) electrons. The van der Waals surface area contributed by atoms with Gasteiger partial charge in [0.2, 0.25) is 0 Å².